The van der Waals surface area contributed by atoms with Crippen molar-refractivity contribution in [3.63, 3.8) is 0 Å². The molecule has 29 heavy (non-hydrogen) atoms. The first-order chi connectivity index (χ1) is 13.8. The summed E-state index contributed by atoms with van der Waals surface area (Å²) in [4.78, 5) is 18.0. The van der Waals surface area contributed by atoms with E-state index in [1.54, 1.807) is 13.2 Å². The minimum absolute atomic E-state index is 0.378. The fraction of sp³-hybridized carbons (Fsp3) is 0.391. The summed E-state index contributed by atoms with van der Waals surface area (Å²) >= 11 is 0. The number of aromatic nitrogens is 1. The molecule has 0 aliphatic carbocycles. The number of carbonyl (C=O) groups is 1. The standard InChI is InChI=1S/C23H31N3O3/c1-23(2,3)29-22(27)26(4)20-12-9-18(10-13-20)7-8-19-11-14-21(25-17-19)28-16-6-5-15-24/h7-14,17H,5-6,15-16,24H2,1-4H3/b8-7+. The van der Waals surface area contributed by atoms with Crippen LogP contribution in [0.25, 0.3) is 12.2 Å². The van der Waals surface area contributed by atoms with Crippen LogP contribution in [0.5, 0.6) is 5.88 Å². The Bertz CT molecular complexity index is 794. The number of nitrogens with zero attached hydrogens (tertiary/aromatic N) is 2. The van der Waals surface area contributed by atoms with Gasteiger partial charge in [0.1, 0.15) is 5.60 Å². The van der Waals surface area contributed by atoms with E-state index in [2.05, 4.69) is 4.98 Å². The van der Waals surface area contributed by atoms with Gasteiger partial charge in [0.15, 0.2) is 0 Å². The van der Waals surface area contributed by atoms with E-state index in [9.17, 15) is 4.79 Å². The van der Waals surface area contributed by atoms with E-state index in [1.165, 1.54) is 4.90 Å². The molecule has 1 aromatic heterocycles. The van der Waals surface area contributed by atoms with Crippen molar-refractivity contribution in [3.8, 4) is 5.88 Å². The van der Waals surface area contributed by atoms with E-state index in [0.29, 0.717) is 19.0 Å². The molecule has 0 saturated heterocycles. The number of carbonyl (C=O) groups excluding carboxylic acids is 1. The van der Waals surface area contributed by atoms with E-state index in [-0.39, 0.29) is 6.09 Å². The van der Waals surface area contributed by atoms with Crippen LogP contribution >= 0.6 is 0 Å². The molecule has 0 unspecified atom stereocenters. The highest BCUT2D eigenvalue weighted by Gasteiger charge is 2.20. The highest BCUT2D eigenvalue weighted by Crippen LogP contribution is 2.19. The van der Waals surface area contributed by atoms with Crippen molar-refractivity contribution in [1.29, 1.82) is 0 Å². The van der Waals surface area contributed by atoms with Crippen molar-refractivity contribution < 1.29 is 14.3 Å². The molecule has 0 atom stereocenters. The van der Waals surface area contributed by atoms with E-state index in [0.717, 1.165) is 29.7 Å². The number of amides is 1. The first kappa shape index (κ1) is 22.4. The quantitative estimate of drug-likeness (QED) is 0.651. The predicted octanol–water partition coefficient (Wildman–Crippen LogP) is 4.74. The Hall–Kier alpha value is -2.86. The fourth-order valence-corrected chi connectivity index (χ4v) is 2.44. The molecular weight excluding hydrogens is 366 g/mol. The van der Waals surface area contributed by atoms with E-state index in [4.69, 9.17) is 15.2 Å². The van der Waals surface area contributed by atoms with Gasteiger partial charge in [-0.25, -0.2) is 9.78 Å². The molecule has 1 aromatic carbocycles. The van der Waals surface area contributed by atoms with E-state index < -0.39 is 5.60 Å². The molecule has 0 aliphatic rings. The number of nitrogens with two attached hydrogens (primary N) is 1. The lowest BCUT2D eigenvalue weighted by atomic mass is 10.1. The summed E-state index contributed by atoms with van der Waals surface area (Å²) in [6.07, 6.45) is 7.26. The zero-order chi connectivity index (χ0) is 21.3. The second-order valence-corrected chi connectivity index (χ2v) is 7.74. The average molecular weight is 398 g/mol. The molecule has 2 rings (SSSR count). The number of ether oxygens (including phenoxy) is 2. The molecule has 1 heterocycles. The second-order valence-electron chi connectivity index (χ2n) is 7.74. The third-order valence-electron chi connectivity index (χ3n) is 4.02. The van der Waals surface area contributed by atoms with Crippen LogP contribution in [-0.2, 0) is 4.74 Å². The Kier molecular flexibility index (Phi) is 8.21. The third-order valence-corrected chi connectivity index (χ3v) is 4.02. The summed E-state index contributed by atoms with van der Waals surface area (Å²) in [6, 6.07) is 11.5. The van der Waals surface area contributed by atoms with Crippen molar-refractivity contribution in [3.05, 3.63) is 53.7 Å². The lowest BCUT2D eigenvalue weighted by molar-refractivity contribution is 0.0589. The Morgan fingerprint density at radius 2 is 1.72 bits per heavy atom. The molecule has 6 heteroatoms. The highest BCUT2D eigenvalue weighted by molar-refractivity contribution is 5.87. The summed E-state index contributed by atoms with van der Waals surface area (Å²) < 4.78 is 11.0. The first-order valence-electron chi connectivity index (χ1n) is 9.82. The molecule has 0 spiro atoms. The number of pyridine rings is 1. The van der Waals surface area contributed by atoms with Gasteiger partial charge < -0.3 is 15.2 Å². The van der Waals surface area contributed by atoms with Crippen LogP contribution in [0.3, 0.4) is 0 Å². The average Bonchev–Trinajstić information content (AvgIpc) is 2.69. The molecule has 1 amide bonds. The van der Waals surface area contributed by atoms with Crippen molar-refractivity contribution in [1.82, 2.24) is 4.98 Å². The largest absolute Gasteiger partial charge is 0.478 e. The summed E-state index contributed by atoms with van der Waals surface area (Å²) in [6.45, 7) is 6.86. The van der Waals surface area contributed by atoms with Crippen LogP contribution in [-0.4, -0.2) is 36.9 Å². The van der Waals surface area contributed by atoms with Gasteiger partial charge in [0.05, 0.1) is 6.61 Å². The summed E-state index contributed by atoms with van der Waals surface area (Å²) in [5, 5.41) is 0. The number of hydrogen-bond acceptors (Lipinski definition) is 5. The van der Waals surface area contributed by atoms with Crippen LogP contribution < -0.4 is 15.4 Å². The van der Waals surface area contributed by atoms with Crippen LogP contribution in [0.15, 0.2) is 42.6 Å². The first-order valence-corrected chi connectivity index (χ1v) is 9.82. The number of rotatable bonds is 8. The van der Waals surface area contributed by atoms with Gasteiger partial charge in [-0.05, 0) is 69.5 Å². The van der Waals surface area contributed by atoms with Gasteiger partial charge in [0.25, 0.3) is 0 Å². The van der Waals surface area contributed by atoms with Crippen molar-refractivity contribution in [2.75, 3.05) is 25.1 Å². The van der Waals surface area contributed by atoms with E-state index >= 15 is 0 Å². The Morgan fingerprint density at radius 1 is 1.07 bits per heavy atom. The maximum Gasteiger partial charge on any atom is 0.414 e. The highest BCUT2D eigenvalue weighted by atomic mass is 16.6. The van der Waals surface area contributed by atoms with Crippen molar-refractivity contribution in [2.24, 2.45) is 5.73 Å². The zero-order valence-corrected chi connectivity index (χ0v) is 17.7. The summed E-state index contributed by atoms with van der Waals surface area (Å²) in [7, 11) is 1.70. The molecule has 0 bridgehead atoms. The molecule has 0 saturated carbocycles. The summed E-state index contributed by atoms with van der Waals surface area (Å²) in [5.41, 5.74) is 7.72. The minimum Gasteiger partial charge on any atom is -0.478 e. The predicted molar refractivity (Wildman–Crippen MR) is 118 cm³/mol. The zero-order valence-electron chi connectivity index (χ0n) is 17.7. The van der Waals surface area contributed by atoms with Crippen LogP contribution in [0, 0.1) is 0 Å². The van der Waals surface area contributed by atoms with Gasteiger partial charge in [-0.3, -0.25) is 4.90 Å². The van der Waals surface area contributed by atoms with Gasteiger partial charge in [-0.15, -0.1) is 0 Å². The van der Waals surface area contributed by atoms with Crippen LogP contribution in [0.4, 0.5) is 10.5 Å². The normalized spacial score (nSPS) is 11.5. The minimum atomic E-state index is -0.521. The Morgan fingerprint density at radius 3 is 2.31 bits per heavy atom. The number of hydrogen-bond donors (Lipinski definition) is 1. The molecule has 156 valence electrons. The maximum absolute atomic E-state index is 12.1. The van der Waals surface area contributed by atoms with Crippen LogP contribution in [0.2, 0.25) is 0 Å². The van der Waals surface area contributed by atoms with Crippen LogP contribution in [0.1, 0.15) is 44.7 Å². The maximum atomic E-state index is 12.1. The number of unbranched alkanes of at least 4 members (excludes halogenated alkanes) is 1. The molecule has 6 nitrogen and oxygen atoms in total. The summed E-state index contributed by atoms with van der Waals surface area (Å²) in [5.74, 6) is 0.619. The van der Waals surface area contributed by atoms with Crippen molar-refractivity contribution >= 4 is 23.9 Å². The SMILES string of the molecule is CN(C(=O)OC(C)(C)C)c1ccc(/C=C/c2ccc(OCCCCN)nc2)cc1. The molecule has 0 radical (unpaired) electrons. The molecule has 2 aromatic rings. The lowest BCUT2D eigenvalue weighted by Gasteiger charge is -2.24. The van der Waals surface area contributed by atoms with Gasteiger partial charge in [0, 0.05) is 25.0 Å². The lowest BCUT2D eigenvalue weighted by Crippen LogP contribution is -2.34. The topological polar surface area (TPSA) is 77.7 Å². The second kappa shape index (κ2) is 10.6. The van der Waals surface area contributed by atoms with Gasteiger partial charge >= 0.3 is 6.09 Å². The molecule has 0 fully saturated rings. The molecule has 2 N–H and O–H groups in total. The number of anilines is 1. The Labute approximate surface area is 173 Å². The smallest absolute Gasteiger partial charge is 0.414 e. The molecule has 0 aliphatic heterocycles. The van der Waals surface area contributed by atoms with E-state index in [1.807, 2.05) is 69.3 Å². The Balaban J connectivity index is 1.92. The van der Waals surface area contributed by atoms with Gasteiger partial charge in [-0.2, -0.15) is 0 Å². The van der Waals surface area contributed by atoms with Gasteiger partial charge in [0.2, 0.25) is 5.88 Å². The molecular formula is C23H31N3O3. The van der Waals surface area contributed by atoms with Gasteiger partial charge in [-0.1, -0.05) is 24.3 Å². The monoisotopic (exact) mass is 397 g/mol. The number of benzene rings is 1. The fourth-order valence-electron chi connectivity index (χ4n) is 2.44. The van der Waals surface area contributed by atoms with Crippen molar-refractivity contribution in [2.45, 2.75) is 39.2 Å². The third kappa shape index (κ3) is 7.95.